The molecule has 4 nitrogen and oxygen atoms in total. The number of hydrogen-bond donors (Lipinski definition) is 2. The van der Waals surface area contributed by atoms with Crippen LogP contribution in [0.2, 0.25) is 0 Å². The molecule has 2 heterocycles. The lowest BCUT2D eigenvalue weighted by atomic mass is 10.1. The van der Waals surface area contributed by atoms with Crippen LogP contribution in [0, 0.1) is 0 Å². The fraction of sp³-hybridized carbons (Fsp3) is 0.500. The van der Waals surface area contributed by atoms with E-state index < -0.39 is 0 Å². The third-order valence-corrected chi connectivity index (χ3v) is 5.59. The standard InChI is InChI=1S/C18H26N4S.HI/c1-18(2)13-22(10-11-23-18)17(19-3)20-9-8-14-12-21-16-7-5-4-6-15(14)16;/h4-7,12,21H,8-11,13H2,1-3H3,(H,19,20);1H. The molecule has 2 aromatic rings. The number of halogens is 1. The van der Waals surface area contributed by atoms with Crippen molar-refractivity contribution in [2.45, 2.75) is 25.0 Å². The van der Waals surface area contributed by atoms with Crippen LogP contribution >= 0.6 is 35.7 Å². The molecule has 1 saturated heterocycles. The number of aromatic amines is 1. The van der Waals surface area contributed by atoms with Gasteiger partial charge in [-0.2, -0.15) is 11.8 Å². The Bertz CT molecular complexity index is 695. The van der Waals surface area contributed by atoms with Gasteiger partial charge in [0.2, 0.25) is 0 Å². The van der Waals surface area contributed by atoms with Crippen molar-refractivity contribution in [3.63, 3.8) is 0 Å². The van der Waals surface area contributed by atoms with E-state index in [2.05, 4.69) is 64.5 Å². The number of fused-ring (bicyclic) bond motifs is 1. The molecule has 3 rings (SSSR count). The zero-order chi connectivity index (χ0) is 16.3. The van der Waals surface area contributed by atoms with Gasteiger partial charge in [0, 0.05) is 54.3 Å². The molecule has 0 saturated carbocycles. The number of nitrogens with one attached hydrogen (secondary N) is 2. The number of H-pyrrole nitrogens is 1. The number of aromatic nitrogens is 1. The van der Waals surface area contributed by atoms with Gasteiger partial charge in [0.05, 0.1) is 0 Å². The Balaban J connectivity index is 0.00000208. The van der Waals surface area contributed by atoms with E-state index in [1.807, 2.05) is 18.8 Å². The second-order valence-corrected chi connectivity index (χ2v) is 8.42. The van der Waals surface area contributed by atoms with E-state index in [9.17, 15) is 0 Å². The number of guanidine groups is 1. The molecule has 0 amide bonds. The maximum atomic E-state index is 4.47. The summed E-state index contributed by atoms with van der Waals surface area (Å²) >= 11 is 2.05. The highest BCUT2D eigenvalue weighted by atomic mass is 127. The molecule has 0 spiro atoms. The highest BCUT2D eigenvalue weighted by molar-refractivity contribution is 14.0. The SMILES string of the molecule is CN=C(NCCc1c[nH]c2ccccc12)N1CCSC(C)(C)C1.I. The van der Waals surface area contributed by atoms with Gasteiger partial charge < -0.3 is 15.2 Å². The zero-order valence-corrected chi connectivity index (χ0v) is 17.8. The number of rotatable bonds is 3. The Hall–Kier alpha value is -0.890. The molecule has 24 heavy (non-hydrogen) atoms. The third kappa shape index (κ3) is 4.59. The quantitative estimate of drug-likeness (QED) is 0.419. The molecule has 1 fully saturated rings. The molecule has 132 valence electrons. The first-order valence-corrected chi connectivity index (χ1v) is 9.22. The van der Waals surface area contributed by atoms with E-state index in [0.717, 1.165) is 37.8 Å². The Morgan fingerprint density at radius 1 is 1.38 bits per heavy atom. The lowest BCUT2D eigenvalue weighted by Crippen LogP contribution is -2.51. The van der Waals surface area contributed by atoms with E-state index in [-0.39, 0.29) is 24.0 Å². The minimum Gasteiger partial charge on any atom is -0.361 e. The molecule has 0 bridgehead atoms. The van der Waals surface area contributed by atoms with E-state index in [0.29, 0.717) is 4.75 Å². The van der Waals surface area contributed by atoms with Gasteiger partial charge in [0.1, 0.15) is 0 Å². The van der Waals surface area contributed by atoms with Crippen molar-refractivity contribution in [3.05, 3.63) is 36.0 Å². The lowest BCUT2D eigenvalue weighted by molar-refractivity contribution is 0.376. The largest absolute Gasteiger partial charge is 0.361 e. The monoisotopic (exact) mass is 458 g/mol. The smallest absolute Gasteiger partial charge is 0.193 e. The molecule has 0 radical (unpaired) electrons. The highest BCUT2D eigenvalue weighted by Gasteiger charge is 2.28. The zero-order valence-electron chi connectivity index (χ0n) is 14.6. The van der Waals surface area contributed by atoms with Crippen molar-refractivity contribution < 1.29 is 0 Å². The summed E-state index contributed by atoms with van der Waals surface area (Å²) in [6.07, 6.45) is 3.12. The van der Waals surface area contributed by atoms with Crippen LogP contribution in [0.5, 0.6) is 0 Å². The van der Waals surface area contributed by atoms with Gasteiger partial charge in [-0.25, -0.2) is 0 Å². The average Bonchev–Trinajstić information content (AvgIpc) is 2.94. The van der Waals surface area contributed by atoms with Crippen LogP contribution in [0.3, 0.4) is 0 Å². The molecular formula is C18H27IN4S. The fourth-order valence-electron chi connectivity index (χ4n) is 3.18. The van der Waals surface area contributed by atoms with Gasteiger partial charge in [-0.3, -0.25) is 4.99 Å². The van der Waals surface area contributed by atoms with Crippen LogP contribution in [0.4, 0.5) is 0 Å². The van der Waals surface area contributed by atoms with Gasteiger partial charge >= 0.3 is 0 Å². The van der Waals surface area contributed by atoms with Gasteiger partial charge in [0.15, 0.2) is 5.96 Å². The van der Waals surface area contributed by atoms with Gasteiger partial charge in [-0.05, 0) is 31.9 Å². The predicted octanol–water partition coefficient (Wildman–Crippen LogP) is 3.73. The van der Waals surface area contributed by atoms with E-state index in [1.54, 1.807) is 0 Å². The van der Waals surface area contributed by atoms with Crippen LogP contribution in [0.15, 0.2) is 35.5 Å². The van der Waals surface area contributed by atoms with Crippen molar-refractivity contribution in [1.82, 2.24) is 15.2 Å². The van der Waals surface area contributed by atoms with Crippen molar-refractivity contribution in [2.24, 2.45) is 4.99 Å². The number of aliphatic imine (C=N–C) groups is 1. The summed E-state index contributed by atoms with van der Waals surface area (Å²) in [4.78, 5) is 10.2. The number of thioether (sulfide) groups is 1. The molecule has 0 atom stereocenters. The molecule has 1 aliphatic rings. The Kier molecular flexibility index (Phi) is 6.86. The summed E-state index contributed by atoms with van der Waals surface area (Å²) in [7, 11) is 1.88. The number of nitrogens with zero attached hydrogens (tertiary/aromatic N) is 2. The molecule has 6 heteroatoms. The first-order chi connectivity index (χ1) is 11.1. The van der Waals surface area contributed by atoms with E-state index >= 15 is 0 Å². The second-order valence-electron chi connectivity index (χ2n) is 6.61. The first-order valence-electron chi connectivity index (χ1n) is 8.24. The Labute approximate surface area is 165 Å². The summed E-state index contributed by atoms with van der Waals surface area (Å²) in [5, 5.41) is 4.85. The lowest BCUT2D eigenvalue weighted by Gasteiger charge is -2.39. The minimum absolute atomic E-state index is 0. The molecule has 0 aliphatic carbocycles. The fourth-order valence-corrected chi connectivity index (χ4v) is 4.29. The van der Waals surface area contributed by atoms with Crippen LogP contribution in [-0.4, -0.2) is 53.0 Å². The molecule has 0 unspecified atom stereocenters. The summed E-state index contributed by atoms with van der Waals surface area (Å²) in [6, 6.07) is 8.47. The molecular weight excluding hydrogens is 431 g/mol. The summed E-state index contributed by atoms with van der Waals surface area (Å²) < 4.78 is 0.298. The normalized spacial score (nSPS) is 17.6. The summed E-state index contributed by atoms with van der Waals surface area (Å²) in [5.41, 5.74) is 2.57. The number of para-hydroxylation sites is 1. The number of benzene rings is 1. The maximum absolute atomic E-state index is 4.47. The van der Waals surface area contributed by atoms with Crippen molar-refractivity contribution in [1.29, 1.82) is 0 Å². The molecule has 1 aromatic heterocycles. The average molecular weight is 458 g/mol. The number of hydrogen-bond acceptors (Lipinski definition) is 2. The summed E-state index contributed by atoms with van der Waals surface area (Å²) in [6.45, 7) is 7.63. The maximum Gasteiger partial charge on any atom is 0.193 e. The topological polar surface area (TPSA) is 43.4 Å². The summed E-state index contributed by atoms with van der Waals surface area (Å²) in [5.74, 6) is 2.19. The second kappa shape index (κ2) is 8.47. The van der Waals surface area contributed by atoms with Crippen LogP contribution in [0.1, 0.15) is 19.4 Å². The molecule has 1 aliphatic heterocycles. The molecule has 1 aromatic carbocycles. The third-order valence-electron chi connectivity index (χ3n) is 4.29. The van der Waals surface area contributed by atoms with Crippen LogP contribution in [-0.2, 0) is 6.42 Å². The highest BCUT2D eigenvalue weighted by Crippen LogP contribution is 2.29. The van der Waals surface area contributed by atoms with E-state index in [4.69, 9.17) is 0 Å². The van der Waals surface area contributed by atoms with Crippen molar-refractivity contribution in [2.75, 3.05) is 32.4 Å². The Morgan fingerprint density at radius 3 is 2.92 bits per heavy atom. The van der Waals surface area contributed by atoms with Gasteiger partial charge in [-0.15, -0.1) is 24.0 Å². The van der Waals surface area contributed by atoms with Crippen molar-refractivity contribution >= 4 is 52.6 Å². The van der Waals surface area contributed by atoms with Crippen LogP contribution in [0.25, 0.3) is 10.9 Å². The molecule has 2 N–H and O–H groups in total. The Morgan fingerprint density at radius 2 is 2.17 bits per heavy atom. The first kappa shape index (κ1) is 19.4. The van der Waals surface area contributed by atoms with Crippen molar-refractivity contribution in [3.8, 4) is 0 Å². The predicted molar refractivity (Wildman–Crippen MR) is 117 cm³/mol. The van der Waals surface area contributed by atoms with E-state index in [1.165, 1.54) is 16.5 Å². The van der Waals surface area contributed by atoms with Crippen LogP contribution < -0.4 is 5.32 Å². The minimum atomic E-state index is 0. The van der Waals surface area contributed by atoms with Gasteiger partial charge in [0.25, 0.3) is 0 Å². The van der Waals surface area contributed by atoms with Gasteiger partial charge in [-0.1, -0.05) is 18.2 Å².